The Kier molecular flexibility index (Phi) is 4.69. The Hall–Kier alpha value is -6.44. The zero-order valence-electron chi connectivity index (χ0n) is 34.1. The lowest BCUT2D eigenvalue weighted by atomic mass is 9.83. The van der Waals surface area contributed by atoms with E-state index in [1.165, 1.54) is 0 Å². The number of hydrogen-bond donors (Lipinski definition) is 0. The molecule has 0 N–H and O–H groups in total. The van der Waals surface area contributed by atoms with Crippen molar-refractivity contribution in [1.82, 2.24) is 0 Å². The Balaban J connectivity index is 1.37. The van der Waals surface area contributed by atoms with Gasteiger partial charge in [-0.05, 0) is 83.4 Å². The van der Waals surface area contributed by atoms with Crippen molar-refractivity contribution in [1.29, 1.82) is 0 Å². The van der Waals surface area contributed by atoms with Crippen LogP contribution in [0, 0.1) is 0 Å². The van der Waals surface area contributed by atoms with E-state index in [4.69, 9.17) is 9.90 Å². The summed E-state index contributed by atoms with van der Waals surface area (Å²) in [5.74, 6) is 0. The minimum absolute atomic E-state index is 0.170. The molecule has 10 rings (SSSR count). The minimum Gasteiger partial charge on any atom is -0.455 e. The summed E-state index contributed by atoms with van der Waals surface area (Å²) >= 11 is 0. The van der Waals surface area contributed by atoms with Gasteiger partial charge in [0.25, 0.3) is 0 Å². The van der Waals surface area contributed by atoms with E-state index in [-0.39, 0.29) is 45.7 Å². The number of hydrogen-bond acceptors (Lipinski definition) is 1. The third kappa shape index (κ3) is 4.33. The molecule has 0 fully saturated rings. The predicted molar refractivity (Wildman–Crippen MR) is 208 cm³/mol. The Bertz CT molecular complexity index is 3250. The van der Waals surface area contributed by atoms with Crippen molar-refractivity contribution >= 4 is 54.3 Å². The van der Waals surface area contributed by atoms with Gasteiger partial charge in [0.1, 0.15) is 11.2 Å². The third-order valence-electron chi connectivity index (χ3n) is 9.52. The number of para-hydroxylation sites is 2. The lowest BCUT2D eigenvalue weighted by Gasteiger charge is -2.20. The molecule has 1 heteroatoms. The first-order chi connectivity index (χ1) is 27.7. The molecule has 1 aromatic heterocycles. The third-order valence-corrected chi connectivity index (χ3v) is 9.52. The fourth-order valence-corrected chi connectivity index (χ4v) is 7.39. The standard InChI is InChI=1S/C48H30O/c1-2-14-31(15-3-1)34-28-29-43(37-19-5-4-18-36(34)37)47-41-23-8-6-21-39(41)46(40-22-7-9-24-42(40)47)33-17-12-16-32(30-33)35-25-13-26-44-38-20-10-11-27-45(38)49-48(35)44/h1-30H/i6D,7D,8D,9D,21D,22D,23D,24D. The first-order valence-corrected chi connectivity index (χ1v) is 16.2. The van der Waals surface area contributed by atoms with Crippen LogP contribution in [0.2, 0.25) is 0 Å². The second kappa shape index (κ2) is 11.1. The quantitative estimate of drug-likeness (QED) is 0.176. The maximum Gasteiger partial charge on any atom is 0.143 e. The second-order valence-electron chi connectivity index (χ2n) is 12.2. The largest absolute Gasteiger partial charge is 0.455 e. The maximum absolute atomic E-state index is 9.48. The van der Waals surface area contributed by atoms with Gasteiger partial charge in [0, 0.05) is 16.3 Å². The first kappa shape index (κ1) is 20.7. The first-order valence-electron chi connectivity index (χ1n) is 20.2. The fraction of sp³-hybridized carbons (Fsp3) is 0. The van der Waals surface area contributed by atoms with Crippen molar-refractivity contribution in [3.63, 3.8) is 0 Å². The zero-order chi connectivity index (χ0) is 39.3. The SMILES string of the molecule is [2H]c1c([2H])c([2H])c2c(-c3ccc(-c4ccccc4)c4ccccc34)c3c([2H])c([2H])c([2H])c([2H])c3c(-c3cccc(-c4cccc5c4oc4ccccc45)c3)c2c1[2H]. The molecule has 1 nitrogen and oxygen atoms in total. The highest BCUT2D eigenvalue weighted by molar-refractivity contribution is 6.24. The molecule has 10 aromatic rings. The molecule has 9 aromatic carbocycles. The molecule has 0 amide bonds. The predicted octanol–water partition coefficient (Wildman–Crippen LogP) is 13.7. The van der Waals surface area contributed by atoms with E-state index in [2.05, 4.69) is 0 Å². The summed E-state index contributed by atoms with van der Waals surface area (Å²) in [5.41, 5.74) is 6.71. The van der Waals surface area contributed by atoms with E-state index in [0.717, 1.165) is 49.4 Å². The molecule has 0 aliphatic carbocycles. The van der Waals surface area contributed by atoms with Crippen LogP contribution >= 0.6 is 0 Å². The van der Waals surface area contributed by atoms with Gasteiger partial charge >= 0.3 is 0 Å². The summed E-state index contributed by atoms with van der Waals surface area (Å²) < 4.78 is 79.9. The van der Waals surface area contributed by atoms with Crippen LogP contribution in [0.15, 0.2) is 186 Å². The fourth-order valence-electron chi connectivity index (χ4n) is 7.39. The monoisotopic (exact) mass is 630 g/mol. The van der Waals surface area contributed by atoms with Gasteiger partial charge in [-0.15, -0.1) is 0 Å². The van der Waals surface area contributed by atoms with Crippen LogP contribution in [-0.2, 0) is 0 Å². The summed E-state index contributed by atoms with van der Waals surface area (Å²) in [4.78, 5) is 0. The van der Waals surface area contributed by atoms with Gasteiger partial charge in [0.2, 0.25) is 0 Å². The summed E-state index contributed by atoms with van der Waals surface area (Å²) in [6.07, 6.45) is 0. The number of furan rings is 1. The second-order valence-corrected chi connectivity index (χ2v) is 12.2. The Labute approximate surface area is 295 Å². The molecule has 228 valence electrons. The zero-order valence-corrected chi connectivity index (χ0v) is 26.1. The molecule has 0 atom stereocenters. The molecule has 0 unspecified atom stereocenters. The molecule has 0 radical (unpaired) electrons. The lowest BCUT2D eigenvalue weighted by Crippen LogP contribution is -1.92. The van der Waals surface area contributed by atoms with Crippen LogP contribution in [-0.4, -0.2) is 0 Å². The summed E-state index contributed by atoms with van der Waals surface area (Å²) in [6, 6.07) is 39.9. The van der Waals surface area contributed by atoms with Gasteiger partial charge in [-0.25, -0.2) is 0 Å². The molecular weight excluding hydrogens is 593 g/mol. The van der Waals surface area contributed by atoms with Gasteiger partial charge in [0.05, 0.1) is 11.0 Å². The van der Waals surface area contributed by atoms with Crippen LogP contribution in [0.4, 0.5) is 0 Å². The van der Waals surface area contributed by atoms with Crippen molar-refractivity contribution in [2.75, 3.05) is 0 Å². The van der Waals surface area contributed by atoms with E-state index in [1.807, 2.05) is 133 Å². The molecule has 0 spiro atoms. The molecule has 49 heavy (non-hydrogen) atoms. The normalized spacial score (nSPS) is 14.0. The molecule has 0 saturated carbocycles. The number of fused-ring (bicyclic) bond motifs is 6. The highest BCUT2D eigenvalue weighted by Gasteiger charge is 2.20. The van der Waals surface area contributed by atoms with Crippen molar-refractivity contribution in [3.05, 3.63) is 182 Å². The smallest absolute Gasteiger partial charge is 0.143 e. The van der Waals surface area contributed by atoms with E-state index in [0.29, 0.717) is 27.8 Å². The average molecular weight is 631 g/mol. The van der Waals surface area contributed by atoms with Crippen molar-refractivity contribution < 1.29 is 15.4 Å². The van der Waals surface area contributed by atoms with Gasteiger partial charge in [0.15, 0.2) is 0 Å². The number of benzene rings is 9. The molecule has 1 heterocycles. The van der Waals surface area contributed by atoms with Crippen LogP contribution in [0.25, 0.3) is 98.8 Å². The van der Waals surface area contributed by atoms with Crippen LogP contribution in [0.1, 0.15) is 11.0 Å². The van der Waals surface area contributed by atoms with E-state index >= 15 is 0 Å². The molecular formula is C48H30O. The van der Waals surface area contributed by atoms with Crippen molar-refractivity contribution in [3.8, 4) is 44.5 Å². The Morgan fingerprint density at radius 3 is 1.61 bits per heavy atom. The van der Waals surface area contributed by atoms with Gasteiger partial charge < -0.3 is 4.42 Å². The maximum atomic E-state index is 9.48. The van der Waals surface area contributed by atoms with Gasteiger partial charge in [-0.2, -0.15) is 0 Å². The van der Waals surface area contributed by atoms with E-state index < -0.39 is 24.2 Å². The minimum atomic E-state index is -0.438. The average Bonchev–Trinajstić information content (AvgIpc) is 3.64. The van der Waals surface area contributed by atoms with Gasteiger partial charge in [-0.3, -0.25) is 0 Å². The summed E-state index contributed by atoms with van der Waals surface area (Å²) in [6.45, 7) is 0. The van der Waals surface area contributed by atoms with Crippen LogP contribution in [0.3, 0.4) is 0 Å². The van der Waals surface area contributed by atoms with Crippen LogP contribution in [0.5, 0.6) is 0 Å². The summed E-state index contributed by atoms with van der Waals surface area (Å²) in [7, 11) is 0. The topological polar surface area (TPSA) is 13.1 Å². The highest BCUT2D eigenvalue weighted by Crippen LogP contribution is 2.47. The van der Waals surface area contributed by atoms with Crippen molar-refractivity contribution in [2.45, 2.75) is 0 Å². The van der Waals surface area contributed by atoms with E-state index in [9.17, 15) is 5.48 Å². The summed E-state index contributed by atoms with van der Waals surface area (Å²) in [5, 5.41) is 4.28. The van der Waals surface area contributed by atoms with E-state index in [1.54, 1.807) is 0 Å². The van der Waals surface area contributed by atoms with Gasteiger partial charge in [-0.1, -0.05) is 170 Å². The highest BCUT2D eigenvalue weighted by atomic mass is 16.3. The Morgan fingerprint density at radius 2 is 0.878 bits per heavy atom. The number of rotatable bonds is 4. The molecule has 0 saturated heterocycles. The lowest BCUT2D eigenvalue weighted by molar-refractivity contribution is 0.670. The van der Waals surface area contributed by atoms with Crippen LogP contribution < -0.4 is 0 Å². The molecule has 0 bridgehead atoms. The Morgan fingerprint density at radius 1 is 0.347 bits per heavy atom. The molecule has 0 aliphatic rings. The van der Waals surface area contributed by atoms with Crippen molar-refractivity contribution in [2.24, 2.45) is 0 Å². The molecule has 0 aliphatic heterocycles.